The Morgan fingerprint density at radius 2 is 2.06 bits per heavy atom. The maximum atomic E-state index is 5.64. The molecule has 0 radical (unpaired) electrons. The predicted octanol–water partition coefficient (Wildman–Crippen LogP) is 2.80. The molecule has 0 saturated carbocycles. The minimum atomic E-state index is 0.606. The molecule has 2 nitrogen and oxygen atoms in total. The smallest absolute Gasteiger partial charge is 0.119 e. The van der Waals surface area contributed by atoms with E-state index in [0.29, 0.717) is 6.04 Å². The van der Waals surface area contributed by atoms with E-state index in [0.717, 1.165) is 18.8 Å². The van der Waals surface area contributed by atoms with E-state index < -0.39 is 0 Å². The van der Waals surface area contributed by atoms with Gasteiger partial charge in [-0.2, -0.15) is 11.8 Å². The Balaban J connectivity index is 2.11. The summed E-state index contributed by atoms with van der Waals surface area (Å²) in [7, 11) is 2.03. The first-order valence-electron chi connectivity index (χ1n) is 5.71. The summed E-state index contributed by atoms with van der Waals surface area (Å²) >= 11 is 1.89. The fraction of sp³-hybridized carbons (Fsp3) is 0.538. The van der Waals surface area contributed by atoms with Crippen LogP contribution in [-0.4, -0.2) is 31.7 Å². The minimum Gasteiger partial charge on any atom is -0.494 e. The SMILES string of the molecule is CNC(CCCOc1ccccc1)CSC. The topological polar surface area (TPSA) is 21.3 Å². The van der Waals surface area contributed by atoms with Gasteiger partial charge < -0.3 is 10.1 Å². The third-order valence-corrected chi connectivity index (χ3v) is 3.22. The lowest BCUT2D eigenvalue weighted by atomic mass is 10.2. The second-order valence-corrected chi connectivity index (χ2v) is 4.66. The van der Waals surface area contributed by atoms with E-state index in [1.54, 1.807) is 0 Å². The number of thioether (sulfide) groups is 1. The van der Waals surface area contributed by atoms with E-state index in [4.69, 9.17) is 4.74 Å². The molecule has 0 bridgehead atoms. The third-order valence-electron chi connectivity index (χ3n) is 2.48. The first-order valence-corrected chi connectivity index (χ1v) is 7.10. The van der Waals surface area contributed by atoms with Crippen LogP contribution in [0.4, 0.5) is 0 Å². The van der Waals surface area contributed by atoms with Crippen LogP contribution < -0.4 is 10.1 Å². The van der Waals surface area contributed by atoms with Crippen molar-refractivity contribution in [1.29, 1.82) is 0 Å². The molecule has 3 heteroatoms. The lowest BCUT2D eigenvalue weighted by Gasteiger charge is -2.14. The van der Waals surface area contributed by atoms with Crippen LogP contribution in [0.2, 0.25) is 0 Å². The van der Waals surface area contributed by atoms with E-state index in [2.05, 4.69) is 11.6 Å². The van der Waals surface area contributed by atoms with Crippen molar-refractivity contribution in [2.75, 3.05) is 25.7 Å². The summed E-state index contributed by atoms with van der Waals surface area (Å²) in [4.78, 5) is 0. The van der Waals surface area contributed by atoms with Gasteiger partial charge in [0.15, 0.2) is 0 Å². The number of hydrogen-bond acceptors (Lipinski definition) is 3. The molecule has 0 aliphatic heterocycles. The largest absolute Gasteiger partial charge is 0.494 e. The summed E-state index contributed by atoms with van der Waals surface area (Å²) in [6, 6.07) is 10.6. The highest BCUT2D eigenvalue weighted by molar-refractivity contribution is 7.98. The Hall–Kier alpha value is -0.670. The normalized spacial score (nSPS) is 12.4. The van der Waals surface area contributed by atoms with E-state index >= 15 is 0 Å². The molecular formula is C13H21NOS. The molecule has 0 heterocycles. The first-order chi connectivity index (χ1) is 7.86. The van der Waals surface area contributed by atoms with Crippen molar-refractivity contribution >= 4 is 11.8 Å². The number of hydrogen-bond donors (Lipinski definition) is 1. The van der Waals surface area contributed by atoms with E-state index in [1.807, 2.05) is 49.1 Å². The Bertz CT molecular complexity index is 266. The summed E-state index contributed by atoms with van der Waals surface area (Å²) in [6.07, 6.45) is 4.41. The molecule has 1 aromatic carbocycles. The highest BCUT2D eigenvalue weighted by Gasteiger charge is 2.04. The molecule has 1 atom stereocenters. The van der Waals surface area contributed by atoms with E-state index in [-0.39, 0.29) is 0 Å². The average molecular weight is 239 g/mol. The van der Waals surface area contributed by atoms with Crippen molar-refractivity contribution in [3.63, 3.8) is 0 Å². The maximum Gasteiger partial charge on any atom is 0.119 e. The molecule has 0 aliphatic carbocycles. The molecule has 0 aliphatic rings. The summed E-state index contributed by atoms with van der Waals surface area (Å²) in [5.74, 6) is 2.13. The first kappa shape index (κ1) is 13.4. The molecule has 1 rings (SSSR count). The fourth-order valence-corrected chi connectivity index (χ4v) is 2.28. The Morgan fingerprint density at radius 3 is 2.69 bits per heavy atom. The quantitative estimate of drug-likeness (QED) is 0.705. The Kier molecular flexibility index (Phi) is 7.10. The fourth-order valence-electron chi connectivity index (χ4n) is 1.55. The zero-order chi connectivity index (χ0) is 11.6. The van der Waals surface area contributed by atoms with Gasteiger partial charge in [0.25, 0.3) is 0 Å². The zero-order valence-corrected chi connectivity index (χ0v) is 10.9. The van der Waals surface area contributed by atoms with Crippen molar-refractivity contribution in [3.8, 4) is 5.75 Å². The number of ether oxygens (including phenoxy) is 1. The van der Waals surface area contributed by atoms with Crippen LogP contribution >= 0.6 is 11.8 Å². The molecule has 0 fully saturated rings. The van der Waals surface area contributed by atoms with Gasteiger partial charge in [-0.25, -0.2) is 0 Å². The highest BCUT2D eigenvalue weighted by Crippen LogP contribution is 2.10. The molecule has 90 valence electrons. The van der Waals surface area contributed by atoms with Crippen LogP contribution in [0.5, 0.6) is 5.75 Å². The second-order valence-electron chi connectivity index (χ2n) is 3.74. The van der Waals surface area contributed by atoms with Crippen LogP contribution in [0.25, 0.3) is 0 Å². The molecule has 16 heavy (non-hydrogen) atoms. The van der Waals surface area contributed by atoms with Gasteiger partial charge >= 0.3 is 0 Å². The highest BCUT2D eigenvalue weighted by atomic mass is 32.2. The van der Waals surface area contributed by atoms with Crippen LogP contribution in [-0.2, 0) is 0 Å². The second kappa shape index (κ2) is 8.48. The van der Waals surface area contributed by atoms with E-state index in [9.17, 15) is 0 Å². The standard InChI is InChI=1S/C13H21NOS/c1-14-12(11-16-2)7-6-10-15-13-8-4-3-5-9-13/h3-5,8-9,12,14H,6-7,10-11H2,1-2H3. The van der Waals surface area contributed by atoms with Crippen LogP contribution in [0.3, 0.4) is 0 Å². The summed E-state index contributed by atoms with van der Waals surface area (Å²) in [5.41, 5.74) is 0. The Morgan fingerprint density at radius 1 is 1.31 bits per heavy atom. The van der Waals surface area contributed by atoms with Gasteiger partial charge in [-0.3, -0.25) is 0 Å². The number of rotatable bonds is 8. The minimum absolute atomic E-state index is 0.606. The molecule has 0 saturated heterocycles. The predicted molar refractivity (Wildman–Crippen MR) is 72.4 cm³/mol. The zero-order valence-electron chi connectivity index (χ0n) is 10.1. The van der Waals surface area contributed by atoms with Crippen molar-refractivity contribution < 1.29 is 4.74 Å². The van der Waals surface area contributed by atoms with Crippen molar-refractivity contribution in [2.24, 2.45) is 0 Å². The summed E-state index contributed by atoms with van der Waals surface area (Å²) in [5, 5.41) is 3.33. The molecule has 0 aromatic heterocycles. The lowest BCUT2D eigenvalue weighted by Crippen LogP contribution is -2.28. The van der Waals surface area contributed by atoms with Gasteiger partial charge in [0.2, 0.25) is 0 Å². The van der Waals surface area contributed by atoms with Crippen LogP contribution in [0.15, 0.2) is 30.3 Å². The van der Waals surface area contributed by atoms with E-state index in [1.165, 1.54) is 12.2 Å². The summed E-state index contributed by atoms with van der Waals surface area (Å²) in [6.45, 7) is 0.802. The number of para-hydroxylation sites is 1. The molecule has 0 spiro atoms. The monoisotopic (exact) mass is 239 g/mol. The van der Waals surface area contributed by atoms with Gasteiger partial charge in [-0.05, 0) is 38.3 Å². The lowest BCUT2D eigenvalue weighted by molar-refractivity contribution is 0.300. The number of benzene rings is 1. The van der Waals surface area contributed by atoms with Gasteiger partial charge in [0, 0.05) is 11.8 Å². The van der Waals surface area contributed by atoms with Crippen LogP contribution in [0.1, 0.15) is 12.8 Å². The molecule has 1 N–H and O–H groups in total. The Labute approximate surface area is 103 Å². The van der Waals surface area contributed by atoms with Crippen molar-refractivity contribution in [3.05, 3.63) is 30.3 Å². The molecule has 1 unspecified atom stereocenters. The molecule has 1 aromatic rings. The van der Waals surface area contributed by atoms with Crippen molar-refractivity contribution in [1.82, 2.24) is 5.32 Å². The molecule has 0 amide bonds. The van der Waals surface area contributed by atoms with Gasteiger partial charge in [-0.1, -0.05) is 18.2 Å². The summed E-state index contributed by atoms with van der Waals surface area (Å²) < 4.78 is 5.64. The molecular weight excluding hydrogens is 218 g/mol. The number of nitrogens with one attached hydrogen (secondary N) is 1. The average Bonchev–Trinajstić information content (AvgIpc) is 2.34. The van der Waals surface area contributed by atoms with Gasteiger partial charge in [0.05, 0.1) is 6.61 Å². The maximum absolute atomic E-state index is 5.64. The van der Waals surface area contributed by atoms with Crippen molar-refractivity contribution in [2.45, 2.75) is 18.9 Å². The van der Waals surface area contributed by atoms with Gasteiger partial charge in [0.1, 0.15) is 5.75 Å². The van der Waals surface area contributed by atoms with Gasteiger partial charge in [-0.15, -0.1) is 0 Å². The van der Waals surface area contributed by atoms with Crippen LogP contribution in [0, 0.1) is 0 Å². The third kappa shape index (κ3) is 5.42.